The van der Waals surface area contributed by atoms with Gasteiger partial charge in [0.05, 0.1) is 12.6 Å². The van der Waals surface area contributed by atoms with E-state index >= 15 is 0 Å². The number of hydrogen-bond acceptors (Lipinski definition) is 4. The van der Waals surface area contributed by atoms with Crippen LogP contribution in [0.2, 0.25) is 0 Å². The summed E-state index contributed by atoms with van der Waals surface area (Å²) in [6, 6.07) is 17.8. The van der Waals surface area contributed by atoms with E-state index in [1.807, 2.05) is 50.2 Å². The predicted molar refractivity (Wildman–Crippen MR) is 119 cm³/mol. The fourth-order valence-electron chi connectivity index (χ4n) is 3.83. The number of nitrogens with one attached hydrogen (secondary N) is 1. The van der Waals surface area contributed by atoms with E-state index in [0.717, 1.165) is 40.5 Å². The molecule has 1 aliphatic rings. The van der Waals surface area contributed by atoms with E-state index in [-0.39, 0.29) is 17.5 Å². The summed E-state index contributed by atoms with van der Waals surface area (Å²) in [5, 5.41) is 5.55. The van der Waals surface area contributed by atoms with E-state index in [2.05, 4.69) is 17.4 Å². The molecule has 0 radical (unpaired) electrons. The van der Waals surface area contributed by atoms with Crippen molar-refractivity contribution in [3.8, 4) is 11.5 Å². The van der Waals surface area contributed by atoms with Gasteiger partial charge in [-0.3, -0.25) is 4.79 Å². The molecule has 1 atom stereocenters. The van der Waals surface area contributed by atoms with Crippen LogP contribution in [-0.4, -0.2) is 25.7 Å². The summed E-state index contributed by atoms with van der Waals surface area (Å²) in [7, 11) is 1.67. The lowest BCUT2D eigenvalue weighted by molar-refractivity contribution is 0.0930. The van der Waals surface area contributed by atoms with E-state index < -0.39 is 0 Å². The first-order chi connectivity index (χ1) is 14.4. The SMILES string of the molecule is COc1cc(C2(NC(=O)c3cc(OCC(C)N)ccc3C)CC2)c2ccccc2c1. The maximum Gasteiger partial charge on any atom is 0.252 e. The highest BCUT2D eigenvalue weighted by molar-refractivity contribution is 5.98. The normalized spacial score (nSPS) is 15.5. The highest BCUT2D eigenvalue weighted by atomic mass is 16.5. The topological polar surface area (TPSA) is 73.6 Å². The molecule has 0 spiro atoms. The highest BCUT2D eigenvalue weighted by Gasteiger charge is 2.47. The Kier molecular flexibility index (Phi) is 5.39. The standard InChI is InChI=1S/C25H28N2O3/c1-16-8-9-19(30-15-17(2)26)13-22(16)24(28)27-25(10-11-25)23-14-20(29-3)12-18-6-4-5-7-21(18)23/h4-9,12-14,17H,10-11,15,26H2,1-3H3,(H,27,28). The van der Waals surface area contributed by atoms with Gasteiger partial charge in [0.25, 0.3) is 5.91 Å². The summed E-state index contributed by atoms with van der Waals surface area (Å²) in [6.45, 7) is 4.23. The van der Waals surface area contributed by atoms with E-state index in [1.54, 1.807) is 13.2 Å². The van der Waals surface area contributed by atoms with Gasteiger partial charge in [0.1, 0.15) is 18.1 Å². The molecule has 1 amide bonds. The smallest absolute Gasteiger partial charge is 0.252 e. The number of carbonyl (C=O) groups excluding carboxylic acids is 1. The molecule has 5 heteroatoms. The second-order valence-corrected chi connectivity index (χ2v) is 8.20. The lowest BCUT2D eigenvalue weighted by Crippen LogP contribution is -2.35. The van der Waals surface area contributed by atoms with Crippen LogP contribution < -0.4 is 20.5 Å². The van der Waals surface area contributed by atoms with Gasteiger partial charge in [0.15, 0.2) is 0 Å². The summed E-state index contributed by atoms with van der Waals surface area (Å²) in [6.07, 6.45) is 1.80. The maximum absolute atomic E-state index is 13.3. The van der Waals surface area contributed by atoms with Crippen LogP contribution in [0.4, 0.5) is 0 Å². The number of benzene rings is 3. The largest absolute Gasteiger partial charge is 0.497 e. The number of carbonyl (C=O) groups is 1. The van der Waals surface area contributed by atoms with Gasteiger partial charge in [-0.05, 0) is 72.9 Å². The Morgan fingerprint density at radius 1 is 1.13 bits per heavy atom. The average molecular weight is 405 g/mol. The minimum atomic E-state index is -0.375. The molecule has 0 aliphatic heterocycles. The fourth-order valence-corrected chi connectivity index (χ4v) is 3.83. The number of rotatable bonds is 7. The van der Waals surface area contributed by atoms with Gasteiger partial charge in [-0.25, -0.2) is 0 Å². The van der Waals surface area contributed by atoms with Crippen molar-refractivity contribution in [3.63, 3.8) is 0 Å². The predicted octanol–water partition coefficient (Wildman–Crippen LogP) is 4.30. The minimum absolute atomic E-state index is 0.0698. The fraction of sp³-hybridized carbons (Fsp3) is 0.320. The van der Waals surface area contributed by atoms with Gasteiger partial charge < -0.3 is 20.5 Å². The van der Waals surface area contributed by atoms with Crippen LogP contribution in [0, 0.1) is 6.92 Å². The molecule has 4 rings (SSSR count). The lowest BCUT2D eigenvalue weighted by Gasteiger charge is -2.22. The van der Waals surface area contributed by atoms with Crippen LogP contribution in [0.3, 0.4) is 0 Å². The number of fused-ring (bicyclic) bond motifs is 1. The van der Waals surface area contributed by atoms with Crippen molar-refractivity contribution in [1.29, 1.82) is 0 Å². The van der Waals surface area contributed by atoms with Gasteiger partial charge in [0, 0.05) is 11.6 Å². The first kappa shape index (κ1) is 20.2. The Hall–Kier alpha value is -3.05. The van der Waals surface area contributed by atoms with Crippen molar-refractivity contribution in [1.82, 2.24) is 5.32 Å². The summed E-state index contributed by atoms with van der Waals surface area (Å²) in [5.74, 6) is 1.36. The van der Waals surface area contributed by atoms with Gasteiger partial charge >= 0.3 is 0 Å². The molecule has 1 saturated carbocycles. The maximum atomic E-state index is 13.3. The molecule has 3 aromatic carbocycles. The first-order valence-corrected chi connectivity index (χ1v) is 10.3. The lowest BCUT2D eigenvalue weighted by atomic mass is 9.95. The monoisotopic (exact) mass is 404 g/mol. The van der Waals surface area contributed by atoms with E-state index in [4.69, 9.17) is 15.2 Å². The van der Waals surface area contributed by atoms with Crippen LogP contribution in [0.5, 0.6) is 11.5 Å². The van der Waals surface area contributed by atoms with Crippen LogP contribution in [0.25, 0.3) is 10.8 Å². The molecule has 0 bridgehead atoms. The summed E-state index contributed by atoms with van der Waals surface area (Å²) in [4.78, 5) is 13.3. The molecule has 3 aromatic rings. The number of nitrogens with two attached hydrogens (primary N) is 1. The Balaban J connectivity index is 1.65. The zero-order valence-corrected chi connectivity index (χ0v) is 17.7. The molecule has 5 nitrogen and oxygen atoms in total. The van der Waals surface area contributed by atoms with E-state index in [1.165, 1.54) is 0 Å². The zero-order valence-electron chi connectivity index (χ0n) is 17.7. The number of aryl methyl sites for hydroxylation is 1. The van der Waals surface area contributed by atoms with Gasteiger partial charge in [-0.1, -0.05) is 30.3 Å². The van der Waals surface area contributed by atoms with Gasteiger partial charge in [-0.2, -0.15) is 0 Å². The van der Waals surface area contributed by atoms with Crippen LogP contribution in [0.1, 0.15) is 41.3 Å². The summed E-state index contributed by atoms with van der Waals surface area (Å²) < 4.78 is 11.2. The Bertz CT molecular complexity index is 1090. The Morgan fingerprint density at radius 2 is 1.90 bits per heavy atom. The van der Waals surface area contributed by atoms with E-state index in [0.29, 0.717) is 17.9 Å². The van der Waals surface area contributed by atoms with Crippen molar-refractivity contribution < 1.29 is 14.3 Å². The third kappa shape index (κ3) is 3.98. The van der Waals surface area contributed by atoms with Crippen LogP contribution in [-0.2, 0) is 5.54 Å². The number of amides is 1. The molecule has 1 aliphatic carbocycles. The molecule has 156 valence electrons. The highest BCUT2D eigenvalue weighted by Crippen LogP contribution is 2.49. The van der Waals surface area contributed by atoms with Crippen LogP contribution in [0.15, 0.2) is 54.6 Å². The molecular weight excluding hydrogens is 376 g/mol. The second-order valence-electron chi connectivity index (χ2n) is 8.20. The number of hydrogen-bond donors (Lipinski definition) is 2. The quantitative estimate of drug-likeness (QED) is 0.616. The number of ether oxygens (including phenoxy) is 2. The molecule has 0 heterocycles. The van der Waals surface area contributed by atoms with Crippen molar-refractivity contribution in [2.45, 2.75) is 38.3 Å². The molecule has 0 saturated heterocycles. The van der Waals surface area contributed by atoms with Crippen molar-refractivity contribution >= 4 is 16.7 Å². The van der Waals surface area contributed by atoms with E-state index in [9.17, 15) is 4.79 Å². The van der Waals surface area contributed by atoms with Crippen molar-refractivity contribution in [3.05, 3.63) is 71.3 Å². The third-order valence-corrected chi connectivity index (χ3v) is 5.66. The first-order valence-electron chi connectivity index (χ1n) is 10.3. The second kappa shape index (κ2) is 8.00. The van der Waals surface area contributed by atoms with Crippen LogP contribution >= 0.6 is 0 Å². The minimum Gasteiger partial charge on any atom is -0.497 e. The molecule has 0 aromatic heterocycles. The molecule has 30 heavy (non-hydrogen) atoms. The molecular formula is C25H28N2O3. The zero-order chi connectivity index (χ0) is 21.3. The van der Waals surface area contributed by atoms with Crippen molar-refractivity contribution in [2.24, 2.45) is 5.73 Å². The van der Waals surface area contributed by atoms with Gasteiger partial charge in [0.2, 0.25) is 0 Å². The molecule has 3 N–H and O–H groups in total. The number of methoxy groups -OCH3 is 1. The third-order valence-electron chi connectivity index (χ3n) is 5.66. The summed E-state index contributed by atoms with van der Waals surface area (Å²) in [5.41, 5.74) is 8.04. The Labute approximate surface area is 177 Å². The Morgan fingerprint density at radius 3 is 2.60 bits per heavy atom. The molecule has 1 unspecified atom stereocenters. The van der Waals surface area contributed by atoms with Crippen molar-refractivity contribution in [2.75, 3.05) is 13.7 Å². The average Bonchev–Trinajstić information content (AvgIpc) is 3.52. The summed E-state index contributed by atoms with van der Waals surface area (Å²) >= 11 is 0. The molecule has 1 fully saturated rings. The van der Waals surface area contributed by atoms with Gasteiger partial charge in [-0.15, -0.1) is 0 Å².